The first-order valence-corrected chi connectivity index (χ1v) is 9.97. The van der Waals surface area contributed by atoms with Gasteiger partial charge >= 0.3 is 5.97 Å². The average Bonchev–Trinajstić information content (AvgIpc) is 3.09. The summed E-state index contributed by atoms with van der Waals surface area (Å²) >= 11 is 0. The van der Waals surface area contributed by atoms with Crippen molar-refractivity contribution in [3.05, 3.63) is 64.7 Å². The first kappa shape index (κ1) is 20.4. The van der Waals surface area contributed by atoms with E-state index >= 15 is 0 Å². The van der Waals surface area contributed by atoms with Gasteiger partial charge in [0.15, 0.2) is 0 Å². The van der Waals surface area contributed by atoms with E-state index < -0.39 is 11.4 Å². The molecule has 0 radical (unpaired) electrons. The second-order valence-electron chi connectivity index (χ2n) is 8.13. The lowest BCUT2D eigenvalue weighted by Gasteiger charge is -2.30. The second kappa shape index (κ2) is 8.36. The van der Waals surface area contributed by atoms with E-state index in [0.717, 1.165) is 36.1 Å². The Bertz CT molecular complexity index is 823. The minimum Gasteiger partial charge on any atom is -0.497 e. The number of aliphatic carboxylic acids is 1. The third kappa shape index (κ3) is 4.07. The molecule has 0 heterocycles. The number of hydrogen-bond acceptors (Lipinski definition) is 3. The maximum atomic E-state index is 11.8. The lowest BCUT2D eigenvalue weighted by Crippen LogP contribution is -2.31. The Morgan fingerprint density at radius 3 is 2.54 bits per heavy atom. The molecule has 0 aliphatic heterocycles. The molecule has 0 aromatic heterocycles. The van der Waals surface area contributed by atoms with Crippen LogP contribution in [-0.2, 0) is 22.6 Å². The lowest BCUT2D eigenvalue weighted by atomic mass is 9.73. The summed E-state index contributed by atoms with van der Waals surface area (Å²) in [5.41, 5.74) is 3.93. The molecule has 0 spiro atoms. The van der Waals surface area contributed by atoms with Gasteiger partial charge in [0.05, 0.1) is 25.2 Å². The van der Waals surface area contributed by atoms with Gasteiger partial charge in [-0.3, -0.25) is 4.79 Å². The van der Waals surface area contributed by atoms with Crippen LogP contribution >= 0.6 is 0 Å². The molecular weight excluding hydrogens is 352 g/mol. The molecule has 150 valence electrons. The van der Waals surface area contributed by atoms with Crippen LogP contribution in [0.1, 0.15) is 67.9 Å². The van der Waals surface area contributed by atoms with E-state index in [2.05, 4.69) is 25.1 Å². The SMILES string of the molecule is CCC(c1ccc2c(c1)C(OCc1ccc(OC)cc1)CC2)C(C)(C)C(=O)O. The van der Waals surface area contributed by atoms with Crippen LogP contribution in [0.4, 0.5) is 0 Å². The van der Waals surface area contributed by atoms with Crippen molar-refractivity contribution >= 4 is 5.97 Å². The molecule has 2 aromatic carbocycles. The third-order valence-corrected chi connectivity index (χ3v) is 6.04. The van der Waals surface area contributed by atoms with Crippen molar-refractivity contribution in [3.63, 3.8) is 0 Å². The Morgan fingerprint density at radius 2 is 1.93 bits per heavy atom. The molecule has 28 heavy (non-hydrogen) atoms. The first-order valence-electron chi connectivity index (χ1n) is 9.97. The number of carbonyl (C=O) groups is 1. The molecule has 3 rings (SSSR count). The van der Waals surface area contributed by atoms with Crippen LogP contribution in [0, 0.1) is 5.41 Å². The van der Waals surface area contributed by atoms with Crippen molar-refractivity contribution in [1.82, 2.24) is 0 Å². The fourth-order valence-electron chi connectivity index (χ4n) is 4.20. The minimum atomic E-state index is -0.805. The normalized spacial score (nSPS) is 17.2. The Balaban J connectivity index is 1.77. The standard InChI is InChI=1S/C24H30O4/c1-5-21(24(2,3)23(25)26)18-9-8-17-10-13-22(20(17)14-18)28-15-16-6-11-19(27-4)12-7-16/h6-9,11-12,14,21-22H,5,10,13,15H2,1-4H3,(H,25,26). The van der Waals surface area contributed by atoms with Gasteiger partial charge in [0.1, 0.15) is 5.75 Å². The number of methoxy groups -OCH3 is 1. The van der Waals surface area contributed by atoms with Gasteiger partial charge in [-0.15, -0.1) is 0 Å². The fraction of sp³-hybridized carbons (Fsp3) is 0.458. The van der Waals surface area contributed by atoms with E-state index in [1.807, 2.05) is 38.1 Å². The van der Waals surface area contributed by atoms with Gasteiger partial charge in [0.2, 0.25) is 0 Å². The number of hydrogen-bond donors (Lipinski definition) is 1. The van der Waals surface area contributed by atoms with Gasteiger partial charge < -0.3 is 14.6 Å². The summed E-state index contributed by atoms with van der Waals surface area (Å²) in [5, 5.41) is 9.66. The van der Waals surface area contributed by atoms with E-state index in [1.54, 1.807) is 7.11 Å². The molecule has 0 bridgehead atoms. The summed E-state index contributed by atoms with van der Waals surface area (Å²) in [4.78, 5) is 11.8. The van der Waals surface area contributed by atoms with Crippen molar-refractivity contribution in [2.45, 2.75) is 58.7 Å². The average molecular weight is 383 g/mol. The molecular formula is C24H30O4. The van der Waals surface area contributed by atoms with Crippen LogP contribution < -0.4 is 4.74 Å². The van der Waals surface area contributed by atoms with Crippen molar-refractivity contribution in [1.29, 1.82) is 0 Å². The number of benzene rings is 2. The fourth-order valence-corrected chi connectivity index (χ4v) is 4.20. The summed E-state index contributed by atoms with van der Waals surface area (Å²) in [7, 11) is 1.66. The monoisotopic (exact) mass is 382 g/mol. The number of fused-ring (bicyclic) bond motifs is 1. The zero-order valence-electron chi connectivity index (χ0n) is 17.2. The van der Waals surface area contributed by atoms with Crippen LogP contribution in [0.5, 0.6) is 5.75 Å². The van der Waals surface area contributed by atoms with E-state index in [0.29, 0.717) is 6.61 Å². The smallest absolute Gasteiger partial charge is 0.309 e. The highest BCUT2D eigenvalue weighted by molar-refractivity contribution is 5.75. The molecule has 2 atom stereocenters. The van der Waals surface area contributed by atoms with Crippen molar-refractivity contribution in [2.75, 3.05) is 7.11 Å². The molecule has 0 amide bonds. The van der Waals surface area contributed by atoms with Gasteiger partial charge in [-0.05, 0) is 73.4 Å². The zero-order chi connectivity index (χ0) is 20.3. The molecule has 2 aromatic rings. The number of carboxylic acids is 1. The first-order chi connectivity index (χ1) is 13.4. The van der Waals surface area contributed by atoms with Crippen LogP contribution in [-0.4, -0.2) is 18.2 Å². The maximum absolute atomic E-state index is 11.8. The van der Waals surface area contributed by atoms with E-state index in [9.17, 15) is 9.90 Å². The molecule has 1 N–H and O–H groups in total. The van der Waals surface area contributed by atoms with Gasteiger partial charge in [-0.25, -0.2) is 0 Å². The van der Waals surface area contributed by atoms with Crippen LogP contribution in [0.3, 0.4) is 0 Å². The Hall–Kier alpha value is -2.33. The van der Waals surface area contributed by atoms with E-state index in [4.69, 9.17) is 9.47 Å². The predicted octanol–water partition coefficient (Wildman–Crippen LogP) is 5.50. The highest BCUT2D eigenvalue weighted by atomic mass is 16.5. The number of rotatable bonds is 8. The van der Waals surface area contributed by atoms with E-state index in [1.165, 1.54) is 11.1 Å². The van der Waals surface area contributed by atoms with Gasteiger partial charge in [0.25, 0.3) is 0 Å². The quantitative estimate of drug-likeness (QED) is 0.655. The van der Waals surface area contributed by atoms with Crippen molar-refractivity contribution < 1.29 is 19.4 Å². The molecule has 4 nitrogen and oxygen atoms in total. The largest absolute Gasteiger partial charge is 0.497 e. The second-order valence-corrected chi connectivity index (χ2v) is 8.13. The Kier molecular flexibility index (Phi) is 6.09. The highest BCUT2D eigenvalue weighted by Gasteiger charge is 2.37. The van der Waals surface area contributed by atoms with Gasteiger partial charge in [0, 0.05) is 0 Å². The summed E-state index contributed by atoms with van der Waals surface area (Å²) in [5.74, 6) is 0.0524. The highest BCUT2D eigenvalue weighted by Crippen LogP contribution is 2.42. The molecule has 2 unspecified atom stereocenters. The molecule has 0 saturated carbocycles. The zero-order valence-corrected chi connectivity index (χ0v) is 17.2. The van der Waals surface area contributed by atoms with Crippen LogP contribution in [0.2, 0.25) is 0 Å². The summed E-state index contributed by atoms with van der Waals surface area (Å²) in [6.45, 7) is 6.24. The Labute approximate surface area is 167 Å². The van der Waals surface area contributed by atoms with Crippen molar-refractivity contribution in [3.8, 4) is 5.75 Å². The predicted molar refractivity (Wildman–Crippen MR) is 110 cm³/mol. The number of aryl methyl sites for hydroxylation is 1. The molecule has 0 saturated heterocycles. The van der Waals surface area contributed by atoms with Crippen molar-refractivity contribution in [2.24, 2.45) is 5.41 Å². The van der Waals surface area contributed by atoms with Crippen LogP contribution in [0.25, 0.3) is 0 Å². The number of ether oxygens (including phenoxy) is 2. The lowest BCUT2D eigenvalue weighted by molar-refractivity contribution is -0.148. The van der Waals surface area contributed by atoms with Gasteiger partial charge in [-0.2, -0.15) is 0 Å². The topological polar surface area (TPSA) is 55.8 Å². The summed E-state index contributed by atoms with van der Waals surface area (Å²) in [6, 6.07) is 14.4. The minimum absolute atomic E-state index is 0.0295. The molecule has 0 fully saturated rings. The maximum Gasteiger partial charge on any atom is 0.309 e. The van der Waals surface area contributed by atoms with E-state index in [-0.39, 0.29) is 12.0 Å². The molecule has 1 aliphatic carbocycles. The Morgan fingerprint density at radius 1 is 1.21 bits per heavy atom. The third-order valence-electron chi connectivity index (χ3n) is 6.04. The molecule has 1 aliphatic rings. The van der Waals surface area contributed by atoms with Gasteiger partial charge in [-0.1, -0.05) is 37.3 Å². The number of carboxylic acid groups (broad SMARTS) is 1. The summed E-state index contributed by atoms with van der Waals surface area (Å²) in [6.07, 6.45) is 2.81. The van der Waals surface area contributed by atoms with Crippen LogP contribution in [0.15, 0.2) is 42.5 Å². The molecule has 4 heteroatoms. The summed E-state index contributed by atoms with van der Waals surface area (Å²) < 4.78 is 11.4.